The fourth-order valence-electron chi connectivity index (χ4n) is 2.15. The van der Waals surface area contributed by atoms with Crippen LogP contribution in [0.2, 0.25) is 0 Å². The van der Waals surface area contributed by atoms with Crippen LogP contribution in [0.1, 0.15) is 24.1 Å². The van der Waals surface area contributed by atoms with Gasteiger partial charge in [-0.15, -0.1) is 11.8 Å². The Morgan fingerprint density at radius 3 is 2.27 bits per heavy atom. The maximum Gasteiger partial charge on any atom is 0.321 e. The zero-order valence-electron chi connectivity index (χ0n) is 12.6. The molecule has 0 bridgehead atoms. The first kappa shape index (κ1) is 16.6. The summed E-state index contributed by atoms with van der Waals surface area (Å²) in [5.41, 5.74) is 8.43. The zero-order valence-corrected chi connectivity index (χ0v) is 13.5. The minimum absolute atomic E-state index is 0.250. The van der Waals surface area contributed by atoms with E-state index in [4.69, 9.17) is 10.5 Å². The molecule has 2 N–H and O–H groups in total. The third kappa shape index (κ3) is 4.61. The Bertz CT molecular complexity index is 574. The highest BCUT2D eigenvalue weighted by Gasteiger charge is 2.28. The van der Waals surface area contributed by atoms with Crippen LogP contribution in [0.15, 0.2) is 60.7 Å². The second kappa shape index (κ2) is 8.61. The third-order valence-electron chi connectivity index (χ3n) is 3.30. The molecule has 0 saturated heterocycles. The van der Waals surface area contributed by atoms with Gasteiger partial charge < -0.3 is 10.5 Å². The van der Waals surface area contributed by atoms with Crippen LogP contribution in [0.25, 0.3) is 0 Å². The molecular formula is C18H21NO2S. The predicted octanol–water partition coefficient (Wildman–Crippen LogP) is 3.55. The highest BCUT2D eigenvalue weighted by atomic mass is 32.2. The van der Waals surface area contributed by atoms with Gasteiger partial charge in [-0.1, -0.05) is 60.7 Å². The SMILES string of the molecule is CCOC(=O)C(SCc1ccccc1)C(N)c1ccccc1. The highest BCUT2D eigenvalue weighted by Crippen LogP contribution is 2.28. The fourth-order valence-corrected chi connectivity index (χ4v) is 3.29. The molecule has 0 fully saturated rings. The monoisotopic (exact) mass is 315 g/mol. The van der Waals surface area contributed by atoms with E-state index in [0.717, 1.165) is 11.3 Å². The molecule has 2 aromatic carbocycles. The van der Waals surface area contributed by atoms with Gasteiger partial charge in [0.15, 0.2) is 0 Å². The number of hydrogen-bond acceptors (Lipinski definition) is 4. The van der Waals surface area contributed by atoms with Gasteiger partial charge in [0.1, 0.15) is 5.25 Å². The normalized spacial score (nSPS) is 13.4. The van der Waals surface area contributed by atoms with Gasteiger partial charge in [-0.25, -0.2) is 0 Å². The topological polar surface area (TPSA) is 52.3 Å². The molecule has 3 nitrogen and oxygen atoms in total. The highest BCUT2D eigenvalue weighted by molar-refractivity contribution is 7.99. The van der Waals surface area contributed by atoms with Crippen LogP contribution in [0.3, 0.4) is 0 Å². The Kier molecular flexibility index (Phi) is 6.49. The van der Waals surface area contributed by atoms with Crippen molar-refractivity contribution >= 4 is 17.7 Å². The van der Waals surface area contributed by atoms with Gasteiger partial charge >= 0.3 is 5.97 Å². The second-order valence-electron chi connectivity index (χ2n) is 4.91. The van der Waals surface area contributed by atoms with Crippen LogP contribution in [0.5, 0.6) is 0 Å². The van der Waals surface area contributed by atoms with Crippen LogP contribution in [0.4, 0.5) is 0 Å². The van der Waals surface area contributed by atoms with E-state index in [1.54, 1.807) is 0 Å². The van der Waals surface area contributed by atoms with Crippen molar-refractivity contribution in [3.05, 3.63) is 71.8 Å². The molecule has 22 heavy (non-hydrogen) atoms. The summed E-state index contributed by atoms with van der Waals surface area (Å²) < 4.78 is 5.20. The lowest BCUT2D eigenvalue weighted by atomic mass is 10.0. The molecule has 0 radical (unpaired) electrons. The van der Waals surface area contributed by atoms with Crippen molar-refractivity contribution in [1.29, 1.82) is 0 Å². The molecule has 0 aliphatic carbocycles. The molecule has 116 valence electrons. The quantitative estimate of drug-likeness (QED) is 0.794. The maximum absolute atomic E-state index is 12.3. The summed E-state index contributed by atoms with van der Waals surface area (Å²) in [5.74, 6) is 0.477. The summed E-state index contributed by atoms with van der Waals surface area (Å²) in [6, 6.07) is 19.4. The Morgan fingerprint density at radius 1 is 1.09 bits per heavy atom. The van der Waals surface area contributed by atoms with Gasteiger partial charge in [-0.2, -0.15) is 0 Å². The van der Waals surface area contributed by atoms with E-state index in [1.165, 1.54) is 17.3 Å². The van der Waals surface area contributed by atoms with E-state index in [1.807, 2.05) is 67.6 Å². The van der Waals surface area contributed by atoms with E-state index in [2.05, 4.69) is 0 Å². The molecule has 2 atom stereocenters. The summed E-state index contributed by atoms with van der Waals surface area (Å²) in [5, 5.41) is -0.414. The number of nitrogens with two attached hydrogens (primary N) is 1. The van der Waals surface area contributed by atoms with Crippen molar-refractivity contribution in [3.8, 4) is 0 Å². The van der Waals surface area contributed by atoms with Gasteiger partial charge in [-0.05, 0) is 18.1 Å². The van der Waals surface area contributed by atoms with E-state index in [-0.39, 0.29) is 12.0 Å². The number of carbonyl (C=O) groups excluding carboxylic acids is 1. The Balaban J connectivity index is 2.10. The van der Waals surface area contributed by atoms with E-state index in [0.29, 0.717) is 6.61 Å². The molecule has 0 aromatic heterocycles. The molecule has 0 amide bonds. The predicted molar refractivity (Wildman–Crippen MR) is 91.5 cm³/mol. The number of rotatable bonds is 7. The van der Waals surface area contributed by atoms with Crippen molar-refractivity contribution < 1.29 is 9.53 Å². The van der Waals surface area contributed by atoms with E-state index >= 15 is 0 Å². The van der Waals surface area contributed by atoms with Crippen molar-refractivity contribution in [2.75, 3.05) is 6.61 Å². The largest absolute Gasteiger partial charge is 0.465 e. The number of carbonyl (C=O) groups is 1. The summed E-state index contributed by atoms with van der Waals surface area (Å²) in [4.78, 5) is 12.3. The van der Waals surface area contributed by atoms with E-state index in [9.17, 15) is 4.79 Å². The zero-order chi connectivity index (χ0) is 15.8. The van der Waals surface area contributed by atoms with Crippen LogP contribution in [0, 0.1) is 0 Å². The number of thioether (sulfide) groups is 1. The minimum atomic E-state index is -0.414. The molecule has 0 spiro atoms. The number of ether oxygens (including phenoxy) is 1. The molecule has 2 aromatic rings. The smallest absolute Gasteiger partial charge is 0.321 e. The first-order valence-corrected chi connectivity index (χ1v) is 8.40. The second-order valence-corrected chi connectivity index (χ2v) is 6.04. The lowest BCUT2D eigenvalue weighted by Crippen LogP contribution is -2.32. The molecule has 0 aliphatic heterocycles. The van der Waals surface area contributed by atoms with E-state index < -0.39 is 5.25 Å². The first-order valence-electron chi connectivity index (χ1n) is 7.35. The standard InChI is InChI=1S/C18H21NO2S/c1-2-21-18(20)17(16(19)15-11-7-4-8-12-15)22-13-14-9-5-3-6-10-14/h3-12,16-17H,2,13,19H2,1H3. The van der Waals surface area contributed by atoms with Crippen molar-refractivity contribution in [1.82, 2.24) is 0 Å². The first-order chi connectivity index (χ1) is 10.7. The van der Waals surface area contributed by atoms with Gasteiger partial charge in [-0.3, -0.25) is 4.79 Å². The maximum atomic E-state index is 12.3. The molecule has 0 saturated carbocycles. The Morgan fingerprint density at radius 2 is 1.68 bits per heavy atom. The summed E-state index contributed by atoms with van der Waals surface area (Å²) in [6.45, 7) is 2.17. The van der Waals surface area contributed by atoms with Crippen LogP contribution in [-0.4, -0.2) is 17.8 Å². The summed E-state index contributed by atoms with van der Waals surface area (Å²) in [6.07, 6.45) is 0. The minimum Gasteiger partial charge on any atom is -0.465 e. The average molecular weight is 315 g/mol. The number of benzene rings is 2. The number of hydrogen-bond donors (Lipinski definition) is 1. The lowest BCUT2D eigenvalue weighted by molar-refractivity contribution is -0.142. The summed E-state index contributed by atoms with van der Waals surface area (Å²) >= 11 is 1.53. The van der Waals surface area contributed by atoms with Crippen molar-refractivity contribution in [2.24, 2.45) is 5.73 Å². The van der Waals surface area contributed by atoms with Crippen LogP contribution in [-0.2, 0) is 15.3 Å². The van der Waals surface area contributed by atoms with Gasteiger partial charge in [0.2, 0.25) is 0 Å². The van der Waals surface area contributed by atoms with Gasteiger partial charge in [0, 0.05) is 5.75 Å². The van der Waals surface area contributed by atoms with Crippen molar-refractivity contribution in [3.63, 3.8) is 0 Å². The number of esters is 1. The fraction of sp³-hybridized carbons (Fsp3) is 0.278. The van der Waals surface area contributed by atoms with Crippen molar-refractivity contribution in [2.45, 2.75) is 24.0 Å². The average Bonchev–Trinajstić information content (AvgIpc) is 2.57. The molecule has 4 heteroatoms. The van der Waals surface area contributed by atoms with Gasteiger partial charge in [0.05, 0.1) is 12.6 Å². The molecule has 0 aliphatic rings. The molecule has 2 unspecified atom stereocenters. The van der Waals surface area contributed by atoms with Crippen LogP contribution < -0.4 is 5.73 Å². The third-order valence-corrected chi connectivity index (χ3v) is 4.65. The lowest BCUT2D eigenvalue weighted by Gasteiger charge is -2.22. The summed E-state index contributed by atoms with van der Waals surface area (Å²) in [7, 11) is 0. The molecule has 2 rings (SSSR count). The Hall–Kier alpha value is -1.78. The Labute approximate surface area is 135 Å². The molecule has 0 heterocycles. The van der Waals surface area contributed by atoms with Gasteiger partial charge in [0.25, 0.3) is 0 Å². The van der Waals surface area contributed by atoms with Crippen LogP contribution >= 0.6 is 11.8 Å². The molecular weight excluding hydrogens is 294 g/mol.